The van der Waals surface area contributed by atoms with Gasteiger partial charge in [0.1, 0.15) is 11.5 Å². The van der Waals surface area contributed by atoms with Gasteiger partial charge in [0.15, 0.2) is 0 Å². The first-order chi connectivity index (χ1) is 12.1. The van der Waals surface area contributed by atoms with Crippen LogP contribution in [0.5, 0.6) is 11.5 Å². The molecular formula is C20H20O5. The third-order valence-electron chi connectivity index (χ3n) is 4.52. The summed E-state index contributed by atoms with van der Waals surface area (Å²) in [7, 11) is 3.21. The number of benzene rings is 2. The quantitative estimate of drug-likeness (QED) is 0.598. The largest absolute Gasteiger partial charge is 0.497 e. The average molecular weight is 340 g/mol. The van der Waals surface area contributed by atoms with E-state index < -0.39 is 23.8 Å². The van der Waals surface area contributed by atoms with Gasteiger partial charge in [-0.25, -0.2) is 0 Å². The Kier molecular flexibility index (Phi) is 5.03. The predicted molar refractivity (Wildman–Crippen MR) is 91.5 cm³/mol. The van der Waals surface area contributed by atoms with Crippen LogP contribution in [-0.4, -0.2) is 26.2 Å². The van der Waals surface area contributed by atoms with Crippen molar-refractivity contribution in [3.63, 3.8) is 0 Å². The van der Waals surface area contributed by atoms with Crippen molar-refractivity contribution >= 4 is 11.9 Å². The Morgan fingerprint density at radius 1 is 0.720 bits per heavy atom. The second-order valence-corrected chi connectivity index (χ2v) is 6.06. The minimum Gasteiger partial charge on any atom is -0.497 e. The van der Waals surface area contributed by atoms with Crippen LogP contribution in [0.15, 0.2) is 48.5 Å². The number of hydrogen-bond acceptors (Lipinski definition) is 5. The third kappa shape index (κ3) is 3.82. The number of rotatable bonds is 6. The summed E-state index contributed by atoms with van der Waals surface area (Å²) in [5.41, 5.74) is 1.94. The van der Waals surface area contributed by atoms with Crippen LogP contribution in [-0.2, 0) is 27.2 Å². The molecule has 2 aromatic carbocycles. The first kappa shape index (κ1) is 17.0. The fraction of sp³-hybridized carbons (Fsp3) is 0.300. The molecular weight excluding hydrogens is 320 g/mol. The highest BCUT2D eigenvalue weighted by atomic mass is 16.6. The number of carbonyl (C=O) groups excluding carboxylic acids is 2. The molecule has 5 heteroatoms. The van der Waals surface area contributed by atoms with Crippen molar-refractivity contribution in [3.05, 3.63) is 59.7 Å². The van der Waals surface area contributed by atoms with Gasteiger partial charge in [-0.3, -0.25) is 9.59 Å². The molecule has 5 nitrogen and oxygen atoms in total. The minimum absolute atomic E-state index is 0.445. The number of esters is 2. The molecule has 130 valence electrons. The lowest BCUT2D eigenvalue weighted by atomic mass is 9.84. The summed E-state index contributed by atoms with van der Waals surface area (Å²) in [5.74, 6) is -0.322. The second-order valence-electron chi connectivity index (χ2n) is 6.06. The normalized spacial score (nSPS) is 19.6. The van der Waals surface area contributed by atoms with Crippen LogP contribution in [0.2, 0.25) is 0 Å². The SMILES string of the molecule is COc1ccc(CC2C(=O)OC(=O)C2Cc2ccc(OC)cc2)cc1. The molecule has 0 radical (unpaired) electrons. The molecule has 0 aromatic heterocycles. The zero-order valence-electron chi connectivity index (χ0n) is 14.2. The predicted octanol–water partition coefficient (Wildman–Crippen LogP) is 2.80. The summed E-state index contributed by atoms with van der Waals surface area (Å²) < 4.78 is 15.2. The first-order valence-corrected chi connectivity index (χ1v) is 8.12. The van der Waals surface area contributed by atoms with E-state index >= 15 is 0 Å². The van der Waals surface area contributed by atoms with Crippen molar-refractivity contribution in [1.82, 2.24) is 0 Å². The second kappa shape index (κ2) is 7.38. The minimum atomic E-state index is -0.469. The molecule has 1 fully saturated rings. The van der Waals surface area contributed by atoms with E-state index in [1.165, 1.54) is 0 Å². The summed E-state index contributed by atoms with van der Waals surface area (Å²) in [6, 6.07) is 15.0. The van der Waals surface area contributed by atoms with E-state index in [-0.39, 0.29) is 0 Å². The molecule has 2 unspecified atom stereocenters. The van der Waals surface area contributed by atoms with Crippen molar-refractivity contribution in [2.45, 2.75) is 12.8 Å². The molecule has 2 aromatic rings. The Hall–Kier alpha value is -2.82. The maximum Gasteiger partial charge on any atom is 0.317 e. The number of cyclic esters (lactones) is 2. The van der Waals surface area contributed by atoms with Crippen LogP contribution >= 0.6 is 0 Å². The van der Waals surface area contributed by atoms with Gasteiger partial charge >= 0.3 is 11.9 Å². The van der Waals surface area contributed by atoms with Gasteiger partial charge < -0.3 is 14.2 Å². The Bertz CT molecular complexity index is 683. The van der Waals surface area contributed by atoms with Crippen molar-refractivity contribution in [1.29, 1.82) is 0 Å². The van der Waals surface area contributed by atoms with Gasteiger partial charge in [-0.1, -0.05) is 24.3 Å². The lowest BCUT2D eigenvalue weighted by molar-refractivity contribution is -0.153. The highest BCUT2D eigenvalue weighted by Crippen LogP contribution is 2.31. The van der Waals surface area contributed by atoms with E-state index in [1.807, 2.05) is 48.5 Å². The van der Waals surface area contributed by atoms with Crippen molar-refractivity contribution in [2.75, 3.05) is 14.2 Å². The van der Waals surface area contributed by atoms with Crippen LogP contribution in [0.3, 0.4) is 0 Å². The van der Waals surface area contributed by atoms with Crippen molar-refractivity contribution in [3.8, 4) is 11.5 Å². The first-order valence-electron chi connectivity index (χ1n) is 8.12. The van der Waals surface area contributed by atoms with Gasteiger partial charge in [0.05, 0.1) is 26.1 Å². The summed E-state index contributed by atoms with van der Waals surface area (Å²) in [5, 5.41) is 0. The molecule has 2 atom stereocenters. The highest BCUT2D eigenvalue weighted by Gasteiger charge is 2.43. The number of methoxy groups -OCH3 is 2. The molecule has 25 heavy (non-hydrogen) atoms. The fourth-order valence-corrected chi connectivity index (χ4v) is 3.06. The fourth-order valence-electron chi connectivity index (χ4n) is 3.06. The molecule has 1 aliphatic rings. The van der Waals surface area contributed by atoms with Crippen LogP contribution in [0.25, 0.3) is 0 Å². The van der Waals surface area contributed by atoms with Gasteiger partial charge in [-0.15, -0.1) is 0 Å². The number of hydrogen-bond donors (Lipinski definition) is 0. The Labute approximate surface area is 146 Å². The van der Waals surface area contributed by atoms with Crippen LogP contribution in [0, 0.1) is 11.8 Å². The van der Waals surface area contributed by atoms with E-state index in [0.717, 1.165) is 22.6 Å². The van der Waals surface area contributed by atoms with E-state index in [0.29, 0.717) is 12.8 Å². The van der Waals surface area contributed by atoms with E-state index in [2.05, 4.69) is 0 Å². The third-order valence-corrected chi connectivity index (χ3v) is 4.52. The zero-order valence-corrected chi connectivity index (χ0v) is 14.2. The molecule has 0 aliphatic carbocycles. The van der Waals surface area contributed by atoms with Gasteiger partial charge in [0, 0.05) is 0 Å². The average Bonchev–Trinajstić information content (AvgIpc) is 2.90. The summed E-state index contributed by atoms with van der Waals surface area (Å²) in [4.78, 5) is 24.3. The van der Waals surface area contributed by atoms with E-state index in [1.54, 1.807) is 14.2 Å². The molecule has 0 amide bonds. The Balaban J connectivity index is 1.75. The van der Waals surface area contributed by atoms with Crippen LogP contribution in [0.1, 0.15) is 11.1 Å². The highest BCUT2D eigenvalue weighted by molar-refractivity contribution is 5.96. The van der Waals surface area contributed by atoms with Crippen LogP contribution < -0.4 is 9.47 Å². The molecule has 0 bridgehead atoms. The maximum absolute atomic E-state index is 12.1. The lowest BCUT2D eigenvalue weighted by Gasteiger charge is -2.14. The molecule has 0 N–H and O–H groups in total. The van der Waals surface area contributed by atoms with E-state index in [9.17, 15) is 9.59 Å². The topological polar surface area (TPSA) is 61.8 Å². The number of ether oxygens (including phenoxy) is 3. The Morgan fingerprint density at radius 3 is 1.40 bits per heavy atom. The standard InChI is InChI=1S/C20H20O5/c1-23-15-7-3-13(4-8-15)11-17-18(20(22)25-19(17)21)12-14-5-9-16(24-2)10-6-14/h3-10,17-18H,11-12H2,1-2H3. The van der Waals surface area contributed by atoms with Gasteiger partial charge in [0.2, 0.25) is 0 Å². The molecule has 1 aliphatic heterocycles. The maximum atomic E-state index is 12.1. The zero-order chi connectivity index (χ0) is 17.8. The van der Waals surface area contributed by atoms with Crippen molar-refractivity contribution < 1.29 is 23.8 Å². The monoisotopic (exact) mass is 340 g/mol. The number of carbonyl (C=O) groups is 2. The van der Waals surface area contributed by atoms with Gasteiger partial charge in [0.25, 0.3) is 0 Å². The van der Waals surface area contributed by atoms with Gasteiger partial charge in [-0.2, -0.15) is 0 Å². The Morgan fingerprint density at radius 2 is 1.08 bits per heavy atom. The lowest BCUT2D eigenvalue weighted by Crippen LogP contribution is -2.22. The summed E-state index contributed by atoms with van der Waals surface area (Å²) in [6.45, 7) is 0. The van der Waals surface area contributed by atoms with Crippen LogP contribution in [0.4, 0.5) is 0 Å². The summed E-state index contributed by atoms with van der Waals surface area (Å²) in [6.07, 6.45) is 0.935. The molecule has 1 saturated heterocycles. The molecule has 3 rings (SSSR count). The molecule has 0 spiro atoms. The van der Waals surface area contributed by atoms with E-state index in [4.69, 9.17) is 14.2 Å². The molecule has 0 saturated carbocycles. The van der Waals surface area contributed by atoms with Gasteiger partial charge in [-0.05, 0) is 48.2 Å². The van der Waals surface area contributed by atoms with Crippen molar-refractivity contribution in [2.24, 2.45) is 11.8 Å². The molecule has 1 heterocycles. The smallest absolute Gasteiger partial charge is 0.317 e. The summed E-state index contributed by atoms with van der Waals surface area (Å²) >= 11 is 0.